The number of hydrogen-bond acceptors (Lipinski definition) is 2. The first-order valence-electron chi connectivity index (χ1n) is 4.65. The normalized spacial score (nSPS) is 9.50. The molecule has 0 spiro atoms. The van der Waals surface area contributed by atoms with Gasteiger partial charge in [0.25, 0.3) is 0 Å². The van der Waals surface area contributed by atoms with Crippen LogP contribution in [0.25, 0.3) is 0 Å². The molecule has 2 heteroatoms. The summed E-state index contributed by atoms with van der Waals surface area (Å²) in [5.41, 5.74) is 0.702. The third-order valence-electron chi connectivity index (χ3n) is 1.82. The quantitative estimate of drug-likeness (QED) is 0.527. The molecule has 14 heavy (non-hydrogen) atoms. The van der Waals surface area contributed by atoms with Gasteiger partial charge in [0.15, 0.2) is 5.78 Å². The number of hydrogen-bond donors (Lipinski definition) is 0. The Balaban J connectivity index is 2.72. The van der Waals surface area contributed by atoms with Gasteiger partial charge >= 0.3 is 0 Å². The molecule has 0 fully saturated rings. The molecule has 0 aliphatic carbocycles. The second-order valence-corrected chi connectivity index (χ2v) is 2.87. The first-order valence-corrected chi connectivity index (χ1v) is 4.65. The molecule has 0 saturated carbocycles. The Morgan fingerprint density at radius 2 is 2.07 bits per heavy atom. The molecule has 0 bridgehead atoms. The average molecular weight is 190 g/mol. The zero-order valence-electron chi connectivity index (χ0n) is 8.32. The van der Waals surface area contributed by atoms with Crippen LogP contribution in [0.2, 0.25) is 0 Å². The number of carbonyl (C=O) groups excluding carboxylic acids is 1. The van der Waals surface area contributed by atoms with Gasteiger partial charge in [-0.05, 0) is 31.2 Å². The molecule has 0 aliphatic heterocycles. The molecule has 0 amide bonds. The largest absolute Gasteiger partial charge is 0.494 e. The van der Waals surface area contributed by atoms with Gasteiger partial charge in [-0.25, -0.2) is 0 Å². The summed E-state index contributed by atoms with van der Waals surface area (Å²) in [6.45, 7) is 6.09. The maximum Gasteiger partial charge on any atom is 0.166 e. The minimum atomic E-state index is 0.0862. The lowest BCUT2D eigenvalue weighted by Crippen LogP contribution is -1.97. The van der Waals surface area contributed by atoms with Crippen LogP contribution in [0.5, 0.6) is 5.75 Å². The Hall–Kier alpha value is -1.57. The number of rotatable bonds is 5. The van der Waals surface area contributed by atoms with Crippen LogP contribution in [0.3, 0.4) is 0 Å². The summed E-state index contributed by atoms with van der Waals surface area (Å²) in [7, 11) is 0. The van der Waals surface area contributed by atoms with Gasteiger partial charge in [0.05, 0.1) is 6.61 Å². The van der Waals surface area contributed by atoms with Crippen LogP contribution in [0, 0.1) is 0 Å². The summed E-state index contributed by atoms with van der Waals surface area (Å²) in [4.78, 5) is 11.4. The van der Waals surface area contributed by atoms with E-state index in [1.165, 1.54) is 0 Å². The minimum Gasteiger partial charge on any atom is -0.494 e. The fraction of sp³-hybridized carbons (Fsp3) is 0.250. The summed E-state index contributed by atoms with van der Waals surface area (Å²) >= 11 is 0. The third kappa shape index (κ3) is 2.73. The fourth-order valence-electron chi connectivity index (χ4n) is 1.15. The van der Waals surface area contributed by atoms with Crippen molar-refractivity contribution in [2.45, 2.75) is 13.3 Å². The molecule has 0 aromatic heterocycles. The zero-order valence-corrected chi connectivity index (χ0v) is 8.32. The predicted octanol–water partition coefficient (Wildman–Crippen LogP) is 2.84. The van der Waals surface area contributed by atoms with Gasteiger partial charge in [-0.15, -0.1) is 6.58 Å². The molecule has 0 aliphatic rings. The number of ether oxygens (including phenoxy) is 1. The summed E-state index contributed by atoms with van der Waals surface area (Å²) in [5.74, 6) is 0.880. The van der Waals surface area contributed by atoms with Crippen molar-refractivity contribution in [2.24, 2.45) is 0 Å². The number of ketones is 1. The summed E-state index contributed by atoms with van der Waals surface area (Å²) in [6.07, 6.45) is 1.99. The Kier molecular flexibility index (Phi) is 3.92. The van der Waals surface area contributed by atoms with Crippen LogP contribution in [0.15, 0.2) is 36.9 Å². The predicted molar refractivity (Wildman–Crippen MR) is 56.8 cm³/mol. The van der Waals surface area contributed by atoms with Gasteiger partial charge in [-0.1, -0.05) is 6.08 Å². The van der Waals surface area contributed by atoms with E-state index in [1.54, 1.807) is 30.3 Å². The summed E-state index contributed by atoms with van der Waals surface area (Å²) in [5, 5.41) is 0. The molecule has 1 rings (SSSR count). The van der Waals surface area contributed by atoms with E-state index in [0.29, 0.717) is 18.6 Å². The lowest BCUT2D eigenvalue weighted by atomic mass is 10.1. The molecular formula is C12H14O2. The summed E-state index contributed by atoms with van der Waals surface area (Å²) in [6, 6.07) is 7.16. The maximum atomic E-state index is 11.4. The second-order valence-electron chi connectivity index (χ2n) is 2.87. The first-order chi connectivity index (χ1) is 6.77. The van der Waals surface area contributed by atoms with Crippen molar-refractivity contribution in [1.29, 1.82) is 0 Å². The smallest absolute Gasteiger partial charge is 0.166 e. The molecule has 0 N–H and O–H groups in total. The zero-order chi connectivity index (χ0) is 10.4. The van der Waals surface area contributed by atoms with E-state index < -0.39 is 0 Å². The van der Waals surface area contributed by atoms with Crippen molar-refractivity contribution in [1.82, 2.24) is 0 Å². The second kappa shape index (κ2) is 5.22. The lowest BCUT2D eigenvalue weighted by Gasteiger charge is -2.03. The van der Waals surface area contributed by atoms with Gasteiger partial charge in [0.1, 0.15) is 5.75 Å². The SMILES string of the molecule is C=CCC(=O)c1ccc(OCC)cc1. The van der Waals surface area contributed by atoms with Crippen LogP contribution in [0.4, 0.5) is 0 Å². The Labute approximate surface area is 84.2 Å². The van der Waals surface area contributed by atoms with Crippen molar-refractivity contribution in [3.8, 4) is 5.75 Å². The van der Waals surface area contributed by atoms with Gasteiger partial charge < -0.3 is 4.74 Å². The van der Waals surface area contributed by atoms with Crippen LogP contribution >= 0.6 is 0 Å². The van der Waals surface area contributed by atoms with E-state index in [0.717, 1.165) is 5.75 Å². The van der Waals surface area contributed by atoms with E-state index in [-0.39, 0.29) is 5.78 Å². The van der Waals surface area contributed by atoms with Gasteiger partial charge in [-0.3, -0.25) is 4.79 Å². The highest BCUT2D eigenvalue weighted by Crippen LogP contribution is 2.13. The topological polar surface area (TPSA) is 26.3 Å². The highest BCUT2D eigenvalue weighted by Gasteiger charge is 2.02. The van der Waals surface area contributed by atoms with Gasteiger partial charge in [0, 0.05) is 12.0 Å². The molecule has 2 nitrogen and oxygen atoms in total. The third-order valence-corrected chi connectivity index (χ3v) is 1.82. The maximum absolute atomic E-state index is 11.4. The van der Waals surface area contributed by atoms with E-state index in [2.05, 4.69) is 6.58 Å². The number of Topliss-reactive ketones (excluding diaryl/α,β-unsaturated/α-hetero) is 1. The summed E-state index contributed by atoms with van der Waals surface area (Å²) < 4.78 is 5.27. The molecule has 0 atom stereocenters. The van der Waals surface area contributed by atoms with Crippen LogP contribution in [0.1, 0.15) is 23.7 Å². The monoisotopic (exact) mass is 190 g/mol. The van der Waals surface area contributed by atoms with Crippen molar-refractivity contribution in [2.75, 3.05) is 6.61 Å². The van der Waals surface area contributed by atoms with Crippen molar-refractivity contribution < 1.29 is 9.53 Å². The van der Waals surface area contributed by atoms with Gasteiger partial charge in [0.2, 0.25) is 0 Å². The van der Waals surface area contributed by atoms with Crippen LogP contribution < -0.4 is 4.74 Å². The fourth-order valence-corrected chi connectivity index (χ4v) is 1.15. The standard InChI is InChI=1S/C12H14O2/c1-3-5-12(13)10-6-8-11(9-7-10)14-4-2/h3,6-9H,1,4-5H2,2H3. The molecule has 1 aromatic carbocycles. The highest BCUT2D eigenvalue weighted by molar-refractivity contribution is 5.96. The Bertz CT molecular complexity index is 312. The first kappa shape index (κ1) is 10.5. The molecule has 0 heterocycles. The Morgan fingerprint density at radius 3 is 2.57 bits per heavy atom. The molecule has 74 valence electrons. The van der Waals surface area contributed by atoms with E-state index >= 15 is 0 Å². The average Bonchev–Trinajstić information content (AvgIpc) is 2.20. The van der Waals surface area contributed by atoms with E-state index in [4.69, 9.17) is 4.74 Å². The molecule has 1 aromatic rings. The molecule has 0 unspecified atom stereocenters. The number of benzene rings is 1. The van der Waals surface area contributed by atoms with E-state index in [9.17, 15) is 4.79 Å². The van der Waals surface area contributed by atoms with Crippen molar-refractivity contribution in [3.63, 3.8) is 0 Å². The number of carbonyl (C=O) groups is 1. The van der Waals surface area contributed by atoms with Gasteiger partial charge in [-0.2, -0.15) is 0 Å². The van der Waals surface area contributed by atoms with E-state index in [1.807, 2.05) is 6.92 Å². The van der Waals surface area contributed by atoms with Crippen LogP contribution in [-0.4, -0.2) is 12.4 Å². The molecular weight excluding hydrogens is 176 g/mol. The van der Waals surface area contributed by atoms with Crippen LogP contribution in [-0.2, 0) is 0 Å². The van der Waals surface area contributed by atoms with Crippen molar-refractivity contribution >= 4 is 5.78 Å². The lowest BCUT2D eigenvalue weighted by molar-refractivity contribution is 0.0996. The van der Waals surface area contributed by atoms with Crippen molar-refractivity contribution in [3.05, 3.63) is 42.5 Å². The molecule has 0 saturated heterocycles. The number of allylic oxidation sites excluding steroid dienone is 1. The molecule has 0 radical (unpaired) electrons. The Morgan fingerprint density at radius 1 is 1.43 bits per heavy atom. The minimum absolute atomic E-state index is 0.0862. The highest BCUT2D eigenvalue weighted by atomic mass is 16.5.